The van der Waals surface area contributed by atoms with Gasteiger partial charge in [0.15, 0.2) is 0 Å². The van der Waals surface area contributed by atoms with Crippen molar-refractivity contribution in [3.8, 4) is 0 Å². The van der Waals surface area contributed by atoms with Gasteiger partial charge in [0.1, 0.15) is 0 Å². The van der Waals surface area contributed by atoms with Gasteiger partial charge in [0.05, 0.1) is 0 Å². The third-order valence-corrected chi connectivity index (χ3v) is 1.82. The maximum absolute atomic E-state index is 10.4. The molecular formula is C7H15NO3. The molecule has 0 aromatic rings. The Labute approximate surface area is 66.0 Å². The number of aliphatic carboxylic acids is 1. The number of carbonyl (C=O) groups is 1. The van der Waals surface area contributed by atoms with Crippen molar-refractivity contribution in [3.63, 3.8) is 0 Å². The monoisotopic (exact) mass is 161 g/mol. The van der Waals surface area contributed by atoms with E-state index in [1.54, 1.807) is 6.92 Å². The van der Waals surface area contributed by atoms with Crippen LogP contribution in [-0.4, -0.2) is 21.9 Å². The first-order chi connectivity index (χ1) is 4.92. The molecule has 4 nitrogen and oxygen atoms in total. The summed E-state index contributed by atoms with van der Waals surface area (Å²) in [6.07, 6.45) is 1.42. The lowest BCUT2D eigenvalue weighted by Gasteiger charge is -2.24. The minimum Gasteiger partial charge on any atom is -0.478 e. The molecule has 11 heavy (non-hydrogen) atoms. The van der Waals surface area contributed by atoms with Crippen LogP contribution in [0, 0.1) is 5.92 Å². The summed E-state index contributed by atoms with van der Waals surface area (Å²) in [5.41, 5.74) is 3.07. The zero-order valence-corrected chi connectivity index (χ0v) is 6.87. The van der Waals surface area contributed by atoms with E-state index < -0.39 is 17.6 Å². The van der Waals surface area contributed by atoms with Crippen LogP contribution in [0.5, 0.6) is 0 Å². The van der Waals surface area contributed by atoms with Gasteiger partial charge in [-0.25, -0.2) is 4.79 Å². The smallest absolute Gasteiger partial charge is 0.351 e. The van der Waals surface area contributed by atoms with Gasteiger partial charge in [-0.1, -0.05) is 20.3 Å². The largest absolute Gasteiger partial charge is 0.478 e. The van der Waals surface area contributed by atoms with Crippen molar-refractivity contribution in [2.75, 3.05) is 0 Å². The van der Waals surface area contributed by atoms with Gasteiger partial charge < -0.3 is 10.2 Å². The van der Waals surface area contributed by atoms with Crippen LogP contribution in [0.1, 0.15) is 26.7 Å². The molecule has 0 aliphatic carbocycles. The molecule has 0 saturated carbocycles. The van der Waals surface area contributed by atoms with Gasteiger partial charge in [-0.05, 0) is 6.42 Å². The quantitative estimate of drug-likeness (QED) is 0.513. The number of carboxylic acid groups (broad SMARTS) is 1. The highest BCUT2D eigenvalue weighted by Gasteiger charge is 2.36. The number of hydrogen-bond donors (Lipinski definition) is 3. The zero-order chi connectivity index (χ0) is 9.07. The van der Waals surface area contributed by atoms with Crippen molar-refractivity contribution < 1.29 is 15.0 Å². The van der Waals surface area contributed by atoms with Crippen molar-refractivity contribution in [2.45, 2.75) is 32.4 Å². The molecule has 66 valence electrons. The van der Waals surface area contributed by atoms with E-state index in [4.69, 9.17) is 15.9 Å². The highest BCUT2D eigenvalue weighted by atomic mass is 16.4. The minimum atomic E-state index is -2.07. The third kappa shape index (κ3) is 2.48. The minimum absolute atomic E-state index is 0.412. The summed E-state index contributed by atoms with van der Waals surface area (Å²) in [5, 5.41) is 17.6. The standard InChI is InChI=1S/C7H15NO3/c1-3-4-5(2)7(8,11)6(9)10/h5,11H,3-4,8H2,1-2H3,(H,9,10). The number of carboxylic acids is 1. The molecular weight excluding hydrogens is 146 g/mol. The van der Waals surface area contributed by atoms with E-state index in [-0.39, 0.29) is 0 Å². The Bertz CT molecular complexity index is 145. The summed E-state index contributed by atoms with van der Waals surface area (Å²) in [7, 11) is 0. The Morgan fingerprint density at radius 3 is 2.45 bits per heavy atom. The SMILES string of the molecule is CCCC(C)C(N)(O)C(=O)O. The van der Waals surface area contributed by atoms with Crippen molar-refractivity contribution in [1.29, 1.82) is 0 Å². The number of aliphatic hydroxyl groups is 1. The summed E-state index contributed by atoms with van der Waals surface area (Å²) >= 11 is 0. The van der Waals surface area contributed by atoms with Crippen LogP contribution < -0.4 is 5.73 Å². The predicted octanol–water partition coefficient (Wildman–Crippen LogP) is 0.154. The van der Waals surface area contributed by atoms with Gasteiger partial charge in [-0.15, -0.1) is 0 Å². The van der Waals surface area contributed by atoms with E-state index in [9.17, 15) is 4.79 Å². The summed E-state index contributed by atoms with van der Waals surface area (Å²) in [6, 6.07) is 0. The van der Waals surface area contributed by atoms with Crippen molar-refractivity contribution in [3.05, 3.63) is 0 Å². The van der Waals surface area contributed by atoms with E-state index in [2.05, 4.69) is 0 Å². The molecule has 0 aromatic heterocycles. The highest BCUT2D eigenvalue weighted by molar-refractivity contribution is 5.76. The average Bonchev–Trinajstić information content (AvgIpc) is 1.88. The van der Waals surface area contributed by atoms with Gasteiger partial charge in [0, 0.05) is 5.92 Å². The molecule has 0 rings (SSSR count). The average molecular weight is 161 g/mol. The van der Waals surface area contributed by atoms with Crippen LogP contribution in [0.15, 0.2) is 0 Å². The molecule has 0 aromatic carbocycles. The van der Waals surface area contributed by atoms with Crippen LogP contribution in [0.2, 0.25) is 0 Å². The van der Waals surface area contributed by atoms with E-state index >= 15 is 0 Å². The van der Waals surface area contributed by atoms with Crippen LogP contribution >= 0.6 is 0 Å². The van der Waals surface area contributed by atoms with Crippen LogP contribution in [0.25, 0.3) is 0 Å². The molecule has 0 saturated heterocycles. The number of hydrogen-bond acceptors (Lipinski definition) is 3. The lowest BCUT2D eigenvalue weighted by Crippen LogP contribution is -2.53. The first-order valence-electron chi connectivity index (χ1n) is 3.67. The molecule has 0 radical (unpaired) electrons. The van der Waals surface area contributed by atoms with Crippen molar-refractivity contribution in [2.24, 2.45) is 11.7 Å². The van der Waals surface area contributed by atoms with Gasteiger partial charge in [0.25, 0.3) is 0 Å². The molecule has 0 heterocycles. The van der Waals surface area contributed by atoms with Gasteiger partial charge in [-0.2, -0.15) is 0 Å². The second-order valence-corrected chi connectivity index (χ2v) is 2.82. The van der Waals surface area contributed by atoms with Crippen LogP contribution in [-0.2, 0) is 4.79 Å². The maximum Gasteiger partial charge on any atom is 0.351 e. The molecule has 4 heteroatoms. The number of nitrogens with two attached hydrogens (primary N) is 1. The molecule has 4 N–H and O–H groups in total. The van der Waals surface area contributed by atoms with Crippen LogP contribution in [0.4, 0.5) is 0 Å². The van der Waals surface area contributed by atoms with E-state index in [0.29, 0.717) is 6.42 Å². The first kappa shape index (κ1) is 10.4. The molecule has 0 bridgehead atoms. The number of rotatable bonds is 4. The van der Waals surface area contributed by atoms with Gasteiger partial charge in [-0.3, -0.25) is 5.73 Å². The Kier molecular flexibility index (Phi) is 3.48. The summed E-state index contributed by atoms with van der Waals surface area (Å²) in [6.45, 7) is 3.53. The summed E-state index contributed by atoms with van der Waals surface area (Å²) in [4.78, 5) is 10.4. The molecule has 0 aliphatic rings. The van der Waals surface area contributed by atoms with Crippen LogP contribution in [0.3, 0.4) is 0 Å². The normalized spacial score (nSPS) is 18.9. The molecule has 0 aliphatic heterocycles. The lowest BCUT2D eigenvalue weighted by molar-refractivity contribution is -0.163. The molecule has 0 spiro atoms. The molecule has 0 fully saturated rings. The lowest BCUT2D eigenvalue weighted by atomic mass is 9.94. The Morgan fingerprint density at radius 1 is 1.73 bits per heavy atom. The fraction of sp³-hybridized carbons (Fsp3) is 0.857. The van der Waals surface area contributed by atoms with E-state index in [1.165, 1.54) is 0 Å². The topological polar surface area (TPSA) is 83.5 Å². The van der Waals surface area contributed by atoms with E-state index in [0.717, 1.165) is 6.42 Å². The second kappa shape index (κ2) is 3.69. The fourth-order valence-corrected chi connectivity index (χ4v) is 0.864. The fourth-order valence-electron chi connectivity index (χ4n) is 0.864. The van der Waals surface area contributed by atoms with Crippen molar-refractivity contribution >= 4 is 5.97 Å². The second-order valence-electron chi connectivity index (χ2n) is 2.82. The summed E-state index contributed by atoms with van der Waals surface area (Å²) in [5.74, 6) is -1.77. The predicted molar refractivity (Wildman–Crippen MR) is 40.8 cm³/mol. The molecule has 2 unspecified atom stereocenters. The molecule has 2 atom stereocenters. The highest BCUT2D eigenvalue weighted by Crippen LogP contribution is 2.16. The zero-order valence-electron chi connectivity index (χ0n) is 6.87. The van der Waals surface area contributed by atoms with Gasteiger partial charge in [0.2, 0.25) is 5.72 Å². The third-order valence-electron chi connectivity index (χ3n) is 1.82. The molecule has 0 amide bonds. The Hall–Kier alpha value is -0.610. The first-order valence-corrected chi connectivity index (χ1v) is 3.67. The summed E-state index contributed by atoms with van der Waals surface area (Å²) < 4.78 is 0. The Balaban J connectivity index is 4.17. The van der Waals surface area contributed by atoms with E-state index in [1.807, 2.05) is 6.92 Å². The maximum atomic E-state index is 10.4. The Morgan fingerprint density at radius 2 is 2.18 bits per heavy atom. The van der Waals surface area contributed by atoms with Crippen molar-refractivity contribution in [1.82, 2.24) is 0 Å². The van der Waals surface area contributed by atoms with Gasteiger partial charge >= 0.3 is 5.97 Å².